The van der Waals surface area contributed by atoms with Crippen molar-refractivity contribution in [1.29, 1.82) is 0 Å². The van der Waals surface area contributed by atoms with E-state index in [1.807, 2.05) is 0 Å². The van der Waals surface area contributed by atoms with Crippen LogP contribution in [-0.4, -0.2) is 23.0 Å². The van der Waals surface area contributed by atoms with E-state index in [1.165, 1.54) is 70.6 Å². The van der Waals surface area contributed by atoms with Crippen molar-refractivity contribution in [2.75, 3.05) is 0 Å². The van der Waals surface area contributed by atoms with Gasteiger partial charge in [-0.1, -0.05) is 32.1 Å². The van der Waals surface area contributed by atoms with E-state index in [4.69, 9.17) is 0 Å². The zero-order valence-electron chi connectivity index (χ0n) is 9.96. The highest BCUT2D eigenvalue weighted by molar-refractivity contribution is 4.98. The lowest BCUT2D eigenvalue weighted by molar-refractivity contribution is 0.147. The van der Waals surface area contributed by atoms with E-state index in [9.17, 15) is 0 Å². The highest BCUT2D eigenvalue weighted by Crippen LogP contribution is 2.41. The highest BCUT2D eigenvalue weighted by atomic mass is 15.3. The molecule has 0 unspecified atom stereocenters. The molecular weight excluding hydrogens is 182 g/mol. The second-order valence-electron chi connectivity index (χ2n) is 5.91. The Hall–Kier alpha value is -0.0400. The maximum Gasteiger partial charge on any atom is 0.0102 e. The van der Waals surface area contributed by atoms with Gasteiger partial charge in [0.25, 0.3) is 0 Å². The van der Waals surface area contributed by atoms with Gasteiger partial charge in [-0.2, -0.15) is 0 Å². The molecule has 1 nitrogen and oxygen atoms in total. The predicted molar refractivity (Wildman–Crippen MR) is 64.0 cm³/mol. The van der Waals surface area contributed by atoms with Crippen LogP contribution in [0, 0.1) is 0 Å². The normalized spacial score (nSPS) is 39.2. The Morgan fingerprint density at radius 2 is 0.867 bits per heavy atom. The summed E-state index contributed by atoms with van der Waals surface area (Å²) in [7, 11) is 0. The SMILES string of the molecule is C1CCCC(N2C3CCC2CC3)CCC1. The van der Waals surface area contributed by atoms with Crippen molar-refractivity contribution >= 4 is 0 Å². The van der Waals surface area contributed by atoms with Crippen molar-refractivity contribution < 1.29 is 0 Å². The minimum Gasteiger partial charge on any atom is -0.294 e. The van der Waals surface area contributed by atoms with Gasteiger partial charge in [0.15, 0.2) is 0 Å². The van der Waals surface area contributed by atoms with Gasteiger partial charge in [-0.25, -0.2) is 0 Å². The Bertz CT molecular complexity index is 185. The Morgan fingerprint density at radius 3 is 1.40 bits per heavy atom. The zero-order valence-corrected chi connectivity index (χ0v) is 9.96. The number of nitrogens with zero attached hydrogens (tertiary/aromatic N) is 1. The van der Waals surface area contributed by atoms with Crippen molar-refractivity contribution in [3.63, 3.8) is 0 Å². The van der Waals surface area contributed by atoms with Gasteiger partial charge in [0.1, 0.15) is 0 Å². The highest BCUT2D eigenvalue weighted by Gasteiger charge is 2.42. The molecule has 2 aliphatic heterocycles. The maximum absolute atomic E-state index is 2.95. The van der Waals surface area contributed by atoms with Gasteiger partial charge >= 0.3 is 0 Å². The topological polar surface area (TPSA) is 3.24 Å². The molecule has 0 aromatic carbocycles. The molecule has 1 aliphatic carbocycles. The lowest BCUT2D eigenvalue weighted by Gasteiger charge is -2.33. The number of hydrogen-bond acceptors (Lipinski definition) is 1. The smallest absolute Gasteiger partial charge is 0.0102 e. The molecule has 0 amide bonds. The van der Waals surface area contributed by atoms with Gasteiger partial charge in [0.05, 0.1) is 0 Å². The van der Waals surface area contributed by atoms with Gasteiger partial charge in [0, 0.05) is 18.1 Å². The summed E-state index contributed by atoms with van der Waals surface area (Å²) in [6.07, 6.45) is 16.6. The second-order valence-corrected chi connectivity index (χ2v) is 5.91. The van der Waals surface area contributed by atoms with E-state index in [-0.39, 0.29) is 0 Å². The summed E-state index contributed by atoms with van der Waals surface area (Å²) in [6.45, 7) is 0. The first-order chi connectivity index (χ1) is 7.45. The molecule has 1 heteroatoms. The monoisotopic (exact) mass is 207 g/mol. The summed E-state index contributed by atoms with van der Waals surface area (Å²) in [5, 5.41) is 0. The quantitative estimate of drug-likeness (QED) is 0.633. The standard InChI is InChI=1S/C14H25N/c1-2-4-6-12(7-5-3-1)15-13-8-9-14(15)11-10-13/h12-14H,1-11H2. The van der Waals surface area contributed by atoms with E-state index in [2.05, 4.69) is 4.90 Å². The van der Waals surface area contributed by atoms with Crippen LogP contribution in [-0.2, 0) is 0 Å². The Labute approximate surface area is 94.2 Å². The lowest BCUT2D eigenvalue weighted by Crippen LogP contribution is -2.39. The number of hydrogen-bond donors (Lipinski definition) is 0. The van der Waals surface area contributed by atoms with Crippen LogP contribution in [0.15, 0.2) is 0 Å². The summed E-state index contributed by atoms with van der Waals surface area (Å²) in [6, 6.07) is 2.98. The molecular formula is C14H25N. The summed E-state index contributed by atoms with van der Waals surface area (Å²) in [4.78, 5) is 2.95. The third kappa shape index (κ3) is 1.95. The Morgan fingerprint density at radius 1 is 0.467 bits per heavy atom. The van der Waals surface area contributed by atoms with Crippen LogP contribution < -0.4 is 0 Å². The van der Waals surface area contributed by atoms with Crippen molar-refractivity contribution in [2.45, 2.75) is 88.8 Å². The fourth-order valence-corrected chi connectivity index (χ4v) is 4.28. The van der Waals surface area contributed by atoms with Crippen LogP contribution >= 0.6 is 0 Å². The molecule has 2 saturated heterocycles. The molecule has 2 heterocycles. The second kappa shape index (κ2) is 4.45. The Balaban J connectivity index is 1.64. The van der Waals surface area contributed by atoms with Gasteiger partial charge in [0.2, 0.25) is 0 Å². The van der Waals surface area contributed by atoms with Gasteiger partial charge in [-0.15, -0.1) is 0 Å². The summed E-state index contributed by atoms with van der Waals surface area (Å²) in [5.74, 6) is 0. The maximum atomic E-state index is 2.95. The lowest BCUT2D eigenvalue weighted by atomic mass is 9.95. The summed E-state index contributed by atoms with van der Waals surface area (Å²) in [5.41, 5.74) is 0. The molecule has 0 N–H and O–H groups in total. The molecule has 3 aliphatic rings. The van der Waals surface area contributed by atoms with Crippen molar-refractivity contribution in [3.8, 4) is 0 Å². The summed E-state index contributed by atoms with van der Waals surface area (Å²) < 4.78 is 0. The van der Waals surface area contributed by atoms with Crippen LogP contribution in [0.1, 0.15) is 70.6 Å². The molecule has 1 saturated carbocycles. The third-order valence-corrected chi connectivity index (χ3v) is 5.01. The molecule has 0 aromatic heterocycles. The summed E-state index contributed by atoms with van der Waals surface area (Å²) >= 11 is 0. The van der Waals surface area contributed by atoms with Gasteiger partial charge < -0.3 is 0 Å². The molecule has 15 heavy (non-hydrogen) atoms. The van der Waals surface area contributed by atoms with Crippen molar-refractivity contribution in [2.24, 2.45) is 0 Å². The van der Waals surface area contributed by atoms with E-state index in [0.717, 1.165) is 18.1 Å². The molecule has 3 rings (SSSR count). The van der Waals surface area contributed by atoms with E-state index >= 15 is 0 Å². The molecule has 0 radical (unpaired) electrons. The molecule has 0 atom stereocenters. The minimum absolute atomic E-state index is 0.977. The molecule has 3 fully saturated rings. The molecule has 86 valence electrons. The average molecular weight is 207 g/mol. The average Bonchev–Trinajstić information content (AvgIpc) is 2.77. The van der Waals surface area contributed by atoms with Gasteiger partial charge in [-0.05, 0) is 38.5 Å². The number of fused-ring (bicyclic) bond motifs is 2. The van der Waals surface area contributed by atoms with Crippen LogP contribution in [0.4, 0.5) is 0 Å². The largest absolute Gasteiger partial charge is 0.294 e. The first-order valence-electron chi connectivity index (χ1n) is 7.22. The predicted octanol–water partition coefficient (Wildman–Crippen LogP) is 3.73. The molecule has 0 aromatic rings. The van der Waals surface area contributed by atoms with E-state index in [0.29, 0.717) is 0 Å². The van der Waals surface area contributed by atoms with Crippen molar-refractivity contribution in [3.05, 3.63) is 0 Å². The third-order valence-electron chi connectivity index (χ3n) is 5.01. The van der Waals surface area contributed by atoms with Gasteiger partial charge in [-0.3, -0.25) is 4.90 Å². The van der Waals surface area contributed by atoms with E-state index < -0.39 is 0 Å². The van der Waals surface area contributed by atoms with Crippen LogP contribution in [0.3, 0.4) is 0 Å². The first kappa shape index (κ1) is 10.1. The Kier molecular flexibility index (Phi) is 3.01. The fraction of sp³-hybridized carbons (Fsp3) is 1.00. The first-order valence-corrected chi connectivity index (χ1v) is 7.22. The number of rotatable bonds is 1. The zero-order chi connectivity index (χ0) is 10.1. The minimum atomic E-state index is 0.977. The van der Waals surface area contributed by atoms with Crippen LogP contribution in [0.2, 0.25) is 0 Å². The molecule has 2 bridgehead atoms. The fourth-order valence-electron chi connectivity index (χ4n) is 4.28. The van der Waals surface area contributed by atoms with Crippen molar-refractivity contribution in [1.82, 2.24) is 4.90 Å². The van der Waals surface area contributed by atoms with Crippen LogP contribution in [0.5, 0.6) is 0 Å². The van der Waals surface area contributed by atoms with E-state index in [1.54, 1.807) is 0 Å². The molecule has 0 spiro atoms. The van der Waals surface area contributed by atoms with Crippen LogP contribution in [0.25, 0.3) is 0 Å².